The molecule has 0 amide bonds. The minimum atomic E-state index is -0.793. The summed E-state index contributed by atoms with van der Waals surface area (Å²) in [6, 6.07) is 0. The van der Waals surface area contributed by atoms with Crippen LogP contribution in [-0.2, 0) is 28.6 Å². The zero-order valence-corrected chi connectivity index (χ0v) is 52.3. The van der Waals surface area contributed by atoms with Gasteiger partial charge in [0.2, 0.25) is 0 Å². The van der Waals surface area contributed by atoms with Crippen LogP contribution in [0.1, 0.15) is 310 Å². The van der Waals surface area contributed by atoms with Gasteiger partial charge in [0, 0.05) is 19.3 Å². The summed E-state index contributed by atoms with van der Waals surface area (Å²) < 4.78 is 17.0. The molecule has 0 saturated heterocycles. The molecule has 0 fully saturated rings. The summed E-state index contributed by atoms with van der Waals surface area (Å²) in [4.78, 5) is 38.4. The molecule has 0 saturated carbocycles. The second-order valence-electron chi connectivity index (χ2n) is 22.0. The summed E-state index contributed by atoms with van der Waals surface area (Å²) in [7, 11) is 0. The van der Waals surface area contributed by atoms with Gasteiger partial charge >= 0.3 is 17.9 Å². The number of carbonyl (C=O) groups excluding carboxylic acids is 3. The highest BCUT2D eigenvalue weighted by molar-refractivity contribution is 5.71. The van der Waals surface area contributed by atoms with Crippen LogP contribution in [0, 0.1) is 0 Å². The van der Waals surface area contributed by atoms with Gasteiger partial charge < -0.3 is 14.2 Å². The van der Waals surface area contributed by atoms with Gasteiger partial charge in [-0.05, 0) is 128 Å². The fraction of sp³-hybridized carbons (Fsp3) is 0.689. The lowest BCUT2D eigenvalue weighted by Gasteiger charge is -2.18. The van der Waals surface area contributed by atoms with Crippen molar-refractivity contribution in [3.05, 3.63) is 122 Å². The third-order valence-corrected chi connectivity index (χ3v) is 14.2. The van der Waals surface area contributed by atoms with Crippen LogP contribution < -0.4 is 0 Å². The molecule has 0 aromatic carbocycles. The fourth-order valence-electron chi connectivity index (χ4n) is 9.22. The van der Waals surface area contributed by atoms with Crippen molar-refractivity contribution in [3.63, 3.8) is 0 Å². The highest BCUT2D eigenvalue weighted by Crippen LogP contribution is 2.16. The highest BCUT2D eigenvalue weighted by atomic mass is 16.6. The summed E-state index contributed by atoms with van der Waals surface area (Å²) in [6.07, 6.45) is 93.4. The first-order valence-corrected chi connectivity index (χ1v) is 33.5. The van der Waals surface area contributed by atoms with Crippen molar-refractivity contribution >= 4 is 17.9 Å². The molecule has 6 heteroatoms. The largest absolute Gasteiger partial charge is 0.462 e. The molecule has 0 bridgehead atoms. The molecule has 456 valence electrons. The van der Waals surface area contributed by atoms with E-state index in [1.165, 1.54) is 141 Å². The van der Waals surface area contributed by atoms with E-state index in [4.69, 9.17) is 14.2 Å². The van der Waals surface area contributed by atoms with E-state index in [9.17, 15) is 14.4 Å². The first kappa shape index (κ1) is 75.8. The van der Waals surface area contributed by atoms with Crippen LogP contribution in [-0.4, -0.2) is 37.2 Å². The van der Waals surface area contributed by atoms with E-state index >= 15 is 0 Å². The summed E-state index contributed by atoms with van der Waals surface area (Å²) in [5, 5.41) is 0. The van der Waals surface area contributed by atoms with Crippen molar-refractivity contribution in [2.45, 2.75) is 316 Å². The lowest BCUT2D eigenvalue weighted by atomic mass is 10.1. The third kappa shape index (κ3) is 64.6. The van der Waals surface area contributed by atoms with E-state index in [0.29, 0.717) is 19.3 Å². The lowest BCUT2D eigenvalue weighted by molar-refractivity contribution is -0.167. The molecule has 0 spiro atoms. The Morgan fingerprint density at radius 1 is 0.263 bits per heavy atom. The molecule has 1 atom stereocenters. The van der Waals surface area contributed by atoms with Crippen molar-refractivity contribution < 1.29 is 28.6 Å². The van der Waals surface area contributed by atoms with E-state index in [0.717, 1.165) is 128 Å². The van der Waals surface area contributed by atoms with Gasteiger partial charge in [-0.2, -0.15) is 0 Å². The third-order valence-electron chi connectivity index (χ3n) is 14.2. The summed E-state index contributed by atoms with van der Waals surface area (Å²) >= 11 is 0. The Labute approximate surface area is 494 Å². The Balaban J connectivity index is 4.39. The van der Waals surface area contributed by atoms with Crippen LogP contribution in [0.2, 0.25) is 0 Å². The van der Waals surface area contributed by atoms with Gasteiger partial charge in [0.1, 0.15) is 13.2 Å². The molecular formula is C74H124O6. The van der Waals surface area contributed by atoms with Crippen LogP contribution in [0.3, 0.4) is 0 Å². The van der Waals surface area contributed by atoms with E-state index in [1.807, 2.05) is 0 Å². The number of carbonyl (C=O) groups is 3. The van der Waals surface area contributed by atoms with Crippen LogP contribution >= 0.6 is 0 Å². The summed E-state index contributed by atoms with van der Waals surface area (Å²) in [5.41, 5.74) is 0. The van der Waals surface area contributed by atoms with E-state index < -0.39 is 6.10 Å². The van der Waals surface area contributed by atoms with Crippen LogP contribution in [0.5, 0.6) is 0 Å². The average molecular weight is 1110 g/mol. The first-order valence-electron chi connectivity index (χ1n) is 33.5. The van der Waals surface area contributed by atoms with Crippen molar-refractivity contribution in [2.24, 2.45) is 0 Å². The fourth-order valence-corrected chi connectivity index (χ4v) is 9.22. The molecule has 0 N–H and O–H groups in total. The number of esters is 3. The molecule has 80 heavy (non-hydrogen) atoms. The molecule has 0 aromatic heterocycles. The summed E-state index contributed by atoms with van der Waals surface area (Å²) in [6.45, 7) is 6.42. The zero-order valence-electron chi connectivity index (χ0n) is 52.3. The average Bonchev–Trinajstić information content (AvgIpc) is 3.46. The highest BCUT2D eigenvalue weighted by Gasteiger charge is 2.19. The number of rotatable bonds is 60. The Bertz CT molecular complexity index is 1650. The molecule has 0 aliphatic rings. The Hall–Kier alpha value is -4.19. The predicted molar refractivity (Wildman–Crippen MR) is 348 cm³/mol. The van der Waals surface area contributed by atoms with E-state index in [-0.39, 0.29) is 31.1 Å². The monoisotopic (exact) mass is 1110 g/mol. The molecule has 0 aliphatic carbocycles. The van der Waals surface area contributed by atoms with Crippen LogP contribution in [0.15, 0.2) is 122 Å². The van der Waals surface area contributed by atoms with Crippen molar-refractivity contribution in [2.75, 3.05) is 13.2 Å². The molecule has 6 nitrogen and oxygen atoms in total. The van der Waals surface area contributed by atoms with Gasteiger partial charge in [-0.3, -0.25) is 14.4 Å². The molecule has 1 unspecified atom stereocenters. The van der Waals surface area contributed by atoms with Crippen LogP contribution in [0.25, 0.3) is 0 Å². The van der Waals surface area contributed by atoms with Gasteiger partial charge in [-0.25, -0.2) is 0 Å². The van der Waals surface area contributed by atoms with Gasteiger partial charge in [-0.15, -0.1) is 0 Å². The molecule has 0 rings (SSSR count). The predicted octanol–water partition coefficient (Wildman–Crippen LogP) is 23.2. The second-order valence-corrected chi connectivity index (χ2v) is 22.0. The van der Waals surface area contributed by atoms with Crippen LogP contribution in [0.4, 0.5) is 0 Å². The van der Waals surface area contributed by atoms with E-state index in [2.05, 4.69) is 142 Å². The zero-order chi connectivity index (χ0) is 57.8. The maximum absolute atomic E-state index is 12.9. The van der Waals surface area contributed by atoms with Crippen molar-refractivity contribution in [3.8, 4) is 0 Å². The molecule has 0 aromatic rings. The number of unbranched alkanes of at least 4 members (excludes halogenated alkanes) is 29. The standard InChI is InChI=1S/C74H124O6/c1-4-7-10-13-16-19-22-25-28-31-33-34-35-36-37-38-39-40-41-44-46-49-52-55-58-61-64-67-73(76)79-70-71(69-78-72(75)66-63-60-57-54-51-48-45-42-30-27-24-21-18-15-12-9-6-3)80-74(77)68-65-62-59-56-53-50-47-43-32-29-26-23-20-17-14-11-8-5-2/h7,9-10,12,16,18-19,21,25,27-30,32-34,36-37,39-40,71H,4-6,8,11,13-15,17,20,22-24,26,31,35,38,41-70H2,1-3H3/b10-7-,12-9-,19-16-,21-18-,28-25-,30-27-,32-29-,34-33-,37-36-,40-39-. The smallest absolute Gasteiger partial charge is 0.306 e. The van der Waals surface area contributed by atoms with E-state index in [1.54, 1.807) is 0 Å². The second kappa shape index (κ2) is 67.3. The normalized spacial score (nSPS) is 12.9. The Morgan fingerprint density at radius 2 is 0.487 bits per heavy atom. The number of hydrogen-bond acceptors (Lipinski definition) is 6. The molecule has 0 radical (unpaired) electrons. The quantitative estimate of drug-likeness (QED) is 0.0261. The lowest BCUT2D eigenvalue weighted by Crippen LogP contribution is -2.30. The van der Waals surface area contributed by atoms with Gasteiger partial charge in [-0.1, -0.05) is 284 Å². The van der Waals surface area contributed by atoms with Crippen molar-refractivity contribution in [1.29, 1.82) is 0 Å². The molecular weight excluding hydrogens is 985 g/mol. The Morgan fingerprint density at radius 3 is 0.775 bits per heavy atom. The first-order chi connectivity index (χ1) is 39.5. The summed E-state index contributed by atoms with van der Waals surface area (Å²) in [5.74, 6) is -0.902. The van der Waals surface area contributed by atoms with Gasteiger partial charge in [0.25, 0.3) is 0 Å². The van der Waals surface area contributed by atoms with Crippen molar-refractivity contribution in [1.82, 2.24) is 0 Å². The SMILES string of the molecule is CC/C=C\C/C=C\C/C=C\C/C=C\C/C=C\C/C=C\CCCCCCCCCCC(=O)OCC(COC(=O)CCCCCCCCC/C=C\C/C=C\C/C=C\CC)OC(=O)CCCCCCCCC/C=C\CCCCCCCCC. The topological polar surface area (TPSA) is 78.9 Å². The van der Waals surface area contributed by atoms with Gasteiger partial charge in [0.15, 0.2) is 6.10 Å². The molecule has 0 heterocycles. The minimum absolute atomic E-state index is 0.0887. The maximum Gasteiger partial charge on any atom is 0.306 e. The number of hydrogen-bond donors (Lipinski definition) is 0. The number of ether oxygens (including phenoxy) is 3. The Kier molecular flexibility index (Phi) is 63.8. The van der Waals surface area contributed by atoms with Gasteiger partial charge in [0.05, 0.1) is 0 Å². The minimum Gasteiger partial charge on any atom is -0.462 e. The maximum atomic E-state index is 12.9. The molecule has 0 aliphatic heterocycles. The number of allylic oxidation sites excluding steroid dienone is 20.